The Morgan fingerprint density at radius 2 is 2.12 bits per heavy atom. The fourth-order valence-corrected chi connectivity index (χ4v) is 0.981. The molecule has 1 aliphatic rings. The summed E-state index contributed by atoms with van der Waals surface area (Å²) in [5, 5.41) is 9.03. The Morgan fingerprint density at radius 1 is 1.38 bits per heavy atom. The molecule has 0 spiro atoms. The van der Waals surface area contributed by atoms with Gasteiger partial charge in [0.05, 0.1) is 11.5 Å². The van der Waals surface area contributed by atoms with Gasteiger partial charge in [-0.05, 0) is 12.8 Å². The number of halogens is 1. The van der Waals surface area contributed by atoms with Crippen LogP contribution in [0, 0.1) is 0 Å². The summed E-state index contributed by atoms with van der Waals surface area (Å²) < 4.78 is 0. The SMILES string of the molecule is O[C@@H]1C=C[C@@H](Cl)CC1. The first kappa shape index (κ1) is 6.12. The molecule has 8 heavy (non-hydrogen) atoms. The highest BCUT2D eigenvalue weighted by Crippen LogP contribution is 2.15. The van der Waals surface area contributed by atoms with Crippen molar-refractivity contribution in [3.8, 4) is 0 Å². The fourth-order valence-electron chi connectivity index (χ4n) is 0.771. The highest BCUT2D eigenvalue weighted by Gasteiger charge is 2.09. The summed E-state index contributed by atoms with van der Waals surface area (Å²) in [6, 6.07) is 0. The number of rotatable bonds is 0. The maximum atomic E-state index is 8.88. The van der Waals surface area contributed by atoms with Crippen molar-refractivity contribution in [1.82, 2.24) is 0 Å². The molecular formula is C6H9ClO. The van der Waals surface area contributed by atoms with Gasteiger partial charge in [-0.25, -0.2) is 0 Å². The van der Waals surface area contributed by atoms with Crippen LogP contribution in [0.5, 0.6) is 0 Å². The van der Waals surface area contributed by atoms with Gasteiger partial charge in [0.25, 0.3) is 0 Å². The smallest absolute Gasteiger partial charge is 0.0722 e. The van der Waals surface area contributed by atoms with Gasteiger partial charge >= 0.3 is 0 Å². The molecule has 0 saturated carbocycles. The lowest BCUT2D eigenvalue weighted by Crippen LogP contribution is -2.11. The zero-order valence-corrected chi connectivity index (χ0v) is 5.30. The molecule has 0 aromatic heterocycles. The van der Waals surface area contributed by atoms with Crippen molar-refractivity contribution < 1.29 is 5.11 Å². The number of hydrogen-bond acceptors (Lipinski definition) is 1. The Labute approximate surface area is 54.0 Å². The lowest BCUT2D eigenvalue weighted by atomic mass is 10.1. The van der Waals surface area contributed by atoms with Crippen LogP contribution in [0.4, 0.5) is 0 Å². The Bertz CT molecular complexity index is 88.7. The Hall–Kier alpha value is -0.0100. The van der Waals surface area contributed by atoms with Crippen LogP contribution in [-0.4, -0.2) is 16.6 Å². The molecular weight excluding hydrogens is 124 g/mol. The van der Waals surface area contributed by atoms with Gasteiger partial charge in [0, 0.05) is 0 Å². The highest BCUT2D eigenvalue weighted by atomic mass is 35.5. The predicted molar refractivity (Wildman–Crippen MR) is 34.0 cm³/mol. The van der Waals surface area contributed by atoms with Crippen molar-refractivity contribution in [1.29, 1.82) is 0 Å². The molecule has 1 aliphatic carbocycles. The number of aliphatic hydroxyl groups excluding tert-OH is 1. The van der Waals surface area contributed by atoms with E-state index in [9.17, 15) is 0 Å². The quantitative estimate of drug-likeness (QED) is 0.389. The minimum Gasteiger partial charge on any atom is -0.389 e. The topological polar surface area (TPSA) is 20.2 Å². The summed E-state index contributed by atoms with van der Waals surface area (Å²) in [5.41, 5.74) is 0. The molecule has 0 aromatic rings. The van der Waals surface area contributed by atoms with Crippen LogP contribution in [0.25, 0.3) is 0 Å². The van der Waals surface area contributed by atoms with Crippen LogP contribution in [0.15, 0.2) is 12.2 Å². The van der Waals surface area contributed by atoms with Crippen molar-refractivity contribution in [3.63, 3.8) is 0 Å². The van der Waals surface area contributed by atoms with Crippen LogP contribution >= 0.6 is 11.6 Å². The lowest BCUT2D eigenvalue weighted by Gasteiger charge is -2.12. The summed E-state index contributed by atoms with van der Waals surface area (Å²) in [6.45, 7) is 0. The Kier molecular flexibility index (Phi) is 1.92. The molecule has 0 heterocycles. The molecule has 0 radical (unpaired) electrons. The van der Waals surface area contributed by atoms with E-state index in [1.807, 2.05) is 6.08 Å². The van der Waals surface area contributed by atoms with E-state index in [1.54, 1.807) is 6.08 Å². The van der Waals surface area contributed by atoms with Crippen molar-refractivity contribution >= 4 is 11.6 Å². The van der Waals surface area contributed by atoms with Crippen molar-refractivity contribution in [2.75, 3.05) is 0 Å². The molecule has 0 saturated heterocycles. The summed E-state index contributed by atoms with van der Waals surface area (Å²) in [5.74, 6) is 0. The molecule has 1 rings (SSSR count). The summed E-state index contributed by atoms with van der Waals surface area (Å²) >= 11 is 5.68. The van der Waals surface area contributed by atoms with E-state index in [0.717, 1.165) is 12.8 Å². The third-order valence-electron chi connectivity index (χ3n) is 1.28. The van der Waals surface area contributed by atoms with E-state index in [-0.39, 0.29) is 11.5 Å². The zero-order valence-electron chi connectivity index (χ0n) is 4.55. The lowest BCUT2D eigenvalue weighted by molar-refractivity contribution is 0.205. The Balaban J connectivity index is 2.42. The van der Waals surface area contributed by atoms with Gasteiger partial charge in [-0.15, -0.1) is 11.6 Å². The van der Waals surface area contributed by atoms with E-state index >= 15 is 0 Å². The maximum absolute atomic E-state index is 8.88. The van der Waals surface area contributed by atoms with Crippen LogP contribution in [0.1, 0.15) is 12.8 Å². The monoisotopic (exact) mass is 132 g/mol. The van der Waals surface area contributed by atoms with Crippen LogP contribution in [0.3, 0.4) is 0 Å². The van der Waals surface area contributed by atoms with E-state index in [2.05, 4.69) is 0 Å². The molecule has 0 fully saturated rings. The minimum absolute atomic E-state index is 0.151. The Morgan fingerprint density at radius 3 is 2.50 bits per heavy atom. The summed E-state index contributed by atoms with van der Waals surface area (Å²) in [7, 11) is 0. The average molecular weight is 133 g/mol. The molecule has 46 valence electrons. The molecule has 2 atom stereocenters. The molecule has 1 nitrogen and oxygen atoms in total. The van der Waals surface area contributed by atoms with Gasteiger partial charge in [-0.3, -0.25) is 0 Å². The largest absolute Gasteiger partial charge is 0.389 e. The van der Waals surface area contributed by atoms with E-state index in [0.29, 0.717) is 0 Å². The third-order valence-corrected chi connectivity index (χ3v) is 1.64. The van der Waals surface area contributed by atoms with E-state index in [1.165, 1.54) is 0 Å². The van der Waals surface area contributed by atoms with E-state index in [4.69, 9.17) is 16.7 Å². The fraction of sp³-hybridized carbons (Fsp3) is 0.667. The van der Waals surface area contributed by atoms with Gasteiger partial charge in [0.15, 0.2) is 0 Å². The molecule has 0 unspecified atom stereocenters. The number of hydrogen-bond donors (Lipinski definition) is 1. The first-order valence-electron chi connectivity index (χ1n) is 2.79. The average Bonchev–Trinajstić information content (AvgIpc) is 1.77. The number of aliphatic hydroxyl groups is 1. The second-order valence-corrected chi connectivity index (χ2v) is 2.61. The predicted octanol–water partition coefficient (Wildman–Crippen LogP) is 1.30. The first-order chi connectivity index (χ1) is 3.79. The molecule has 0 aliphatic heterocycles. The van der Waals surface area contributed by atoms with Gasteiger partial charge < -0.3 is 5.11 Å². The molecule has 0 amide bonds. The van der Waals surface area contributed by atoms with Crippen molar-refractivity contribution in [2.45, 2.75) is 24.3 Å². The number of alkyl halides is 1. The van der Waals surface area contributed by atoms with Gasteiger partial charge in [0.1, 0.15) is 0 Å². The second kappa shape index (κ2) is 2.51. The summed E-state index contributed by atoms with van der Waals surface area (Å²) in [4.78, 5) is 0. The standard InChI is InChI=1S/C6H9ClO/c7-5-1-3-6(8)4-2-5/h1,3,5-6,8H,2,4H2/t5-,6-/m1/s1. The van der Waals surface area contributed by atoms with E-state index < -0.39 is 0 Å². The minimum atomic E-state index is -0.245. The van der Waals surface area contributed by atoms with Crippen LogP contribution < -0.4 is 0 Å². The maximum Gasteiger partial charge on any atom is 0.0722 e. The molecule has 2 heteroatoms. The van der Waals surface area contributed by atoms with Gasteiger partial charge in [0.2, 0.25) is 0 Å². The van der Waals surface area contributed by atoms with Crippen molar-refractivity contribution in [2.24, 2.45) is 0 Å². The van der Waals surface area contributed by atoms with Crippen LogP contribution in [0.2, 0.25) is 0 Å². The summed E-state index contributed by atoms with van der Waals surface area (Å²) in [6.07, 6.45) is 5.06. The van der Waals surface area contributed by atoms with Crippen molar-refractivity contribution in [3.05, 3.63) is 12.2 Å². The zero-order chi connectivity index (χ0) is 5.98. The highest BCUT2D eigenvalue weighted by molar-refractivity contribution is 6.21. The number of allylic oxidation sites excluding steroid dienone is 1. The normalized spacial score (nSPS) is 37.8. The molecule has 0 bridgehead atoms. The van der Waals surface area contributed by atoms with Crippen LogP contribution in [-0.2, 0) is 0 Å². The molecule has 0 aromatic carbocycles. The second-order valence-electron chi connectivity index (χ2n) is 2.05. The third kappa shape index (κ3) is 1.49. The van der Waals surface area contributed by atoms with Gasteiger partial charge in [-0.2, -0.15) is 0 Å². The van der Waals surface area contributed by atoms with Gasteiger partial charge in [-0.1, -0.05) is 12.2 Å². The first-order valence-corrected chi connectivity index (χ1v) is 3.23. The molecule has 1 N–H and O–H groups in total.